The summed E-state index contributed by atoms with van der Waals surface area (Å²) in [6, 6.07) is 7.45. The molecule has 1 aromatic carbocycles. The maximum atomic E-state index is 12.8. The highest BCUT2D eigenvalue weighted by atomic mass is 32.2. The maximum absolute atomic E-state index is 12.8. The van der Waals surface area contributed by atoms with Gasteiger partial charge in [0.1, 0.15) is 6.54 Å². The van der Waals surface area contributed by atoms with E-state index in [1.165, 1.54) is 10.6 Å². The number of carbonyl (C=O) groups excluding carboxylic acids is 1. The van der Waals surface area contributed by atoms with Crippen LogP contribution in [0.3, 0.4) is 0 Å². The van der Waals surface area contributed by atoms with Crippen LogP contribution in [0.2, 0.25) is 0 Å². The van der Waals surface area contributed by atoms with Crippen LogP contribution in [0.5, 0.6) is 0 Å². The van der Waals surface area contributed by atoms with Crippen molar-refractivity contribution in [2.24, 2.45) is 0 Å². The van der Waals surface area contributed by atoms with Crippen LogP contribution >= 0.6 is 0 Å². The van der Waals surface area contributed by atoms with Crippen molar-refractivity contribution in [1.29, 1.82) is 0 Å². The number of sulfonamides is 1. The highest BCUT2D eigenvalue weighted by Crippen LogP contribution is 2.33. The van der Waals surface area contributed by atoms with E-state index >= 15 is 0 Å². The smallest absolute Gasteiger partial charge is 0.243 e. The third-order valence-electron chi connectivity index (χ3n) is 4.62. The number of para-hydroxylation sites is 1. The van der Waals surface area contributed by atoms with Crippen molar-refractivity contribution in [2.45, 2.75) is 51.9 Å². The molecule has 1 aromatic rings. The molecule has 5 nitrogen and oxygen atoms in total. The number of hydrogen-bond donors (Lipinski definition) is 0. The highest BCUT2D eigenvalue weighted by molar-refractivity contribution is 7.92. The van der Waals surface area contributed by atoms with Crippen molar-refractivity contribution in [3.63, 3.8) is 0 Å². The van der Waals surface area contributed by atoms with Gasteiger partial charge in [-0.3, -0.25) is 9.10 Å². The van der Waals surface area contributed by atoms with Gasteiger partial charge < -0.3 is 4.90 Å². The number of benzene rings is 1. The van der Waals surface area contributed by atoms with Gasteiger partial charge in [0.05, 0.1) is 11.9 Å². The van der Waals surface area contributed by atoms with Gasteiger partial charge in [0, 0.05) is 13.1 Å². The molecular weight excluding hydrogens is 336 g/mol. The van der Waals surface area contributed by atoms with Gasteiger partial charge in [-0.2, -0.15) is 0 Å². The van der Waals surface area contributed by atoms with Crippen molar-refractivity contribution in [2.75, 3.05) is 30.2 Å². The number of hydrogen-bond acceptors (Lipinski definition) is 3. The summed E-state index contributed by atoms with van der Waals surface area (Å²) in [5, 5.41) is 0. The molecule has 1 fully saturated rings. The quantitative estimate of drug-likeness (QED) is 0.822. The first kappa shape index (κ1) is 19.8. The number of rotatable bonds is 4. The lowest BCUT2D eigenvalue weighted by Gasteiger charge is -2.31. The molecule has 0 bridgehead atoms. The van der Waals surface area contributed by atoms with Gasteiger partial charge in [-0.25, -0.2) is 8.42 Å². The summed E-state index contributed by atoms with van der Waals surface area (Å²) in [5.74, 6) is -0.115. The van der Waals surface area contributed by atoms with Crippen LogP contribution in [-0.4, -0.2) is 45.1 Å². The van der Waals surface area contributed by atoms with Crippen LogP contribution in [0.4, 0.5) is 5.69 Å². The Bertz CT molecular complexity index is 700. The Hall–Kier alpha value is -1.56. The molecule has 0 aliphatic carbocycles. The standard InChI is InChI=1S/C19H30N2O3S/c1-19(2,3)16-11-7-8-12-17(16)21(25(4,23)24)15-18(22)20-13-9-5-6-10-14-20/h7-8,11-12H,5-6,9-10,13-15H2,1-4H3. The zero-order valence-electron chi connectivity index (χ0n) is 15.8. The van der Waals surface area contributed by atoms with Gasteiger partial charge in [-0.1, -0.05) is 51.8 Å². The molecule has 0 unspecified atom stereocenters. The first-order chi connectivity index (χ1) is 11.6. The molecule has 0 aromatic heterocycles. The van der Waals surface area contributed by atoms with Crippen LogP contribution in [0, 0.1) is 0 Å². The Morgan fingerprint density at radius 3 is 2.16 bits per heavy atom. The summed E-state index contributed by atoms with van der Waals surface area (Å²) >= 11 is 0. The summed E-state index contributed by atoms with van der Waals surface area (Å²) < 4.78 is 26.2. The molecule has 1 aliphatic rings. The second kappa shape index (κ2) is 7.77. The molecule has 140 valence electrons. The van der Waals surface area contributed by atoms with Crippen LogP contribution in [0.15, 0.2) is 24.3 Å². The number of amides is 1. The van der Waals surface area contributed by atoms with Gasteiger partial charge in [0.2, 0.25) is 15.9 Å². The monoisotopic (exact) mass is 366 g/mol. The Kier molecular flexibility index (Phi) is 6.14. The summed E-state index contributed by atoms with van der Waals surface area (Å²) in [5.41, 5.74) is 1.30. The summed E-state index contributed by atoms with van der Waals surface area (Å²) in [6.07, 6.45) is 5.41. The molecule has 0 spiro atoms. The predicted molar refractivity (Wildman–Crippen MR) is 102 cm³/mol. The van der Waals surface area contributed by atoms with E-state index in [4.69, 9.17) is 0 Å². The zero-order chi connectivity index (χ0) is 18.7. The molecule has 1 amide bonds. The maximum Gasteiger partial charge on any atom is 0.243 e. The predicted octanol–water partition coefficient (Wildman–Crippen LogP) is 3.15. The van der Waals surface area contributed by atoms with E-state index in [1.807, 2.05) is 43.9 Å². The Labute approximate surface area is 152 Å². The highest BCUT2D eigenvalue weighted by Gasteiger charge is 2.28. The third kappa shape index (κ3) is 5.21. The van der Waals surface area contributed by atoms with Gasteiger partial charge in [-0.15, -0.1) is 0 Å². The molecular formula is C19H30N2O3S. The Morgan fingerprint density at radius 1 is 1.08 bits per heavy atom. The summed E-state index contributed by atoms with van der Waals surface area (Å²) in [6.45, 7) is 7.44. The van der Waals surface area contributed by atoms with Crippen LogP contribution in [0.25, 0.3) is 0 Å². The topological polar surface area (TPSA) is 57.7 Å². The van der Waals surface area contributed by atoms with E-state index in [9.17, 15) is 13.2 Å². The molecule has 2 rings (SSSR count). The first-order valence-electron chi connectivity index (χ1n) is 8.96. The lowest BCUT2D eigenvalue weighted by Crippen LogP contribution is -2.43. The van der Waals surface area contributed by atoms with E-state index in [-0.39, 0.29) is 17.9 Å². The van der Waals surface area contributed by atoms with Crippen LogP contribution in [0.1, 0.15) is 52.0 Å². The molecule has 6 heteroatoms. The molecule has 0 radical (unpaired) electrons. The van der Waals surface area contributed by atoms with Gasteiger partial charge >= 0.3 is 0 Å². The van der Waals surface area contributed by atoms with Gasteiger partial charge in [-0.05, 0) is 29.9 Å². The molecule has 1 saturated heterocycles. The Morgan fingerprint density at radius 2 is 1.64 bits per heavy atom. The minimum Gasteiger partial charge on any atom is -0.341 e. The Balaban J connectivity index is 2.34. The number of carbonyl (C=O) groups is 1. The number of likely N-dealkylation sites (tertiary alicyclic amines) is 1. The molecule has 0 atom stereocenters. The number of nitrogens with zero attached hydrogens (tertiary/aromatic N) is 2. The summed E-state index contributed by atoms with van der Waals surface area (Å²) in [4.78, 5) is 14.6. The van der Waals surface area contributed by atoms with Crippen LogP contribution in [-0.2, 0) is 20.2 Å². The number of anilines is 1. The van der Waals surface area contributed by atoms with E-state index in [1.54, 1.807) is 6.07 Å². The average molecular weight is 367 g/mol. The molecule has 0 N–H and O–H groups in total. The molecule has 1 heterocycles. The minimum absolute atomic E-state index is 0.115. The van der Waals surface area contributed by atoms with Crippen molar-refractivity contribution >= 4 is 21.6 Å². The fourth-order valence-corrected chi connectivity index (χ4v) is 4.11. The second-order valence-corrected chi connectivity index (χ2v) is 9.74. The summed E-state index contributed by atoms with van der Waals surface area (Å²) in [7, 11) is -3.56. The third-order valence-corrected chi connectivity index (χ3v) is 5.75. The van der Waals surface area contributed by atoms with Crippen LogP contribution < -0.4 is 4.31 Å². The normalized spacial score (nSPS) is 16.4. The van der Waals surface area contributed by atoms with E-state index in [0.29, 0.717) is 5.69 Å². The van der Waals surface area contributed by atoms with Gasteiger partial charge in [0.25, 0.3) is 0 Å². The SMILES string of the molecule is CC(C)(C)c1ccccc1N(CC(=O)N1CCCCCC1)S(C)(=O)=O. The fraction of sp³-hybridized carbons (Fsp3) is 0.632. The van der Waals surface area contributed by atoms with Crippen molar-refractivity contribution in [3.05, 3.63) is 29.8 Å². The van der Waals surface area contributed by atoms with Gasteiger partial charge in [0.15, 0.2) is 0 Å². The second-order valence-electron chi connectivity index (χ2n) is 7.83. The van der Waals surface area contributed by atoms with Crippen molar-refractivity contribution in [3.8, 4) is 0 Å². The molecule has 1 aliphatic heterocycles. The minimum atomic E-state index is -3.56. The van der Waals surface area contributed by atoms with Crippen molar-refractivity contribution in [1.82, 2.24) is 4.90 Å². The largest absolute Gasteiger partial charge is 0.341 e. The van der Waals surface area contributed by atoms with Crippen molar-refractivity contribution < 1.29 is 13.2 Å². The lowest BCUT2D eigenvalue weighted by molar-refractivity contribution is -0.129. The lowest BCUT2D eigenvalue weighted by atomic mass is 9.86. The molecule has 25 heavy (non-hydrogen) atoms. The average Bonchev–Trinajstić information content (AvgIpc) is 2.79. The first-order valence-corrected chi connectivity index (χ1v) is 10.8. The van der Waals surface area contributed by atoms with E-state index in [2.05, 4.69) is 0 Å². The zero-order valence-corrected chi connectivity index (χ0v) is 16.6. The molecule has 0 saturated carbocycles. The fourth-order valence-electron chi connectivity index (χ4n) is 3.25. The van der Waals surface area contributed by atoms with E-state index in [0.717, 1.165) is 44.3 Å². The van der Waals surface area contributed by atoms with E-state index < -0.39 is 10.0 Å².